The van der Waals surface area contributed by atoms with E-state index in [4.69, 9.17) is 4.74 Å². The lowest BCUT2D eigenvalue weighted by atomic mass is 10.2. The summed E-state index contributed by atoms with van der Waals surface area (Å²) in [5, 5.41) is 0. The van der Waals surface area contributed by atoms with Crippen LogP contribution in [0.5, 0.6) is 0 Å². The number of ether oxygens (including phenoxy) is 1. The molecule has 0 amide bonds. The fourth-order valence-corrected chi connectivity index (χ4v) is 2.00. The van der Waals surface area contributed by atoms with Gasteiger partial charge in [-0.1, -0.05) is 20.8 Å². The van der Waals surface area contributed by atoms with E-state index >= 15 is 0 Å². The molecular weight excluding hydrogens is 238 g/mol. The summed E-state index contributed by atoms with van der Waals surface area (Å²) in [5.74, 6) is -0.231. The van der Waals surface area contributed by atoms with Crippen LogP contribution < -0.4 is 4.90 Å². The number of anilines is 1. The van der Waals surface area contributed by atoms with Gasteiger partial charge in [-0.3, -0.25) is 0 Å². The van der Waals surface area contributed by atoms with Crippen LogP contribution in [0.25, 0.3) is 0 Å². The minimum atomic E-state index is -0.231. The zero-order chi connectivity index (χ0) is 14.1. The highest BCUT2D eigenvalue weighted by Crippen LogP contribution is 2.16. The molecule has 0 radical (unpaired) electrons. The molecular formula is C16H25NO2. The Morgan fingerprint density at radius 2 is 1.58 bits per heavy atom. The van der Waals surface area contributed by atoms with Gasteiger partial charge in [-0.25, -0.2) is 4.79 Å². The van der Waals surface area contributed by atoms with Crippen LogP contribution in [-0.4, -0.2) is 25.7 Å². The molecule has 19 heavy (non-hydrogen) atoms. The maximum absolute atomic E-state index is 11.7. The topological polar surface area (TPSA) is 29.5 Å². The highest BCUT2D eigenvalue weighted by molar-refractivity contribution is 5.89. The Bertz CT molecular complexity index is 367. The van der Waals surface area contributed by atoms with E-state index < -0.39 is 0 Å². The molecule has 0 N–H and O–H groups in total. The molecule has 0 saturated carbocycles. The van der Waals surface area contributed by atoms with Crippen LogP contribution >= 0.6 is 0 Å². The van der Waals surface area contributed by atoms with E-state index in [0.717, 1.165) is 32.4 Å². The Labute approximate surface area is 116 Å². The van der Waals surface area contributed by atoms with Gasteiger partial charge in [-0.05, 0) is 43.5 Å². The summed E-state index contributed by atoms with van der Waals surface area (Å²) in [6, 6.07) is 7.72. The van der Waals surface area contributed by atoms with Gasteiger partial charge in [0, 0.05) is 18.8 Å². The monoisotopic (exact) mass is 263 g/mol. The van der Waals surface area contributed by atoms with Crippen molar-refractivity contribution in [3.05, 3.63) is 29.8 Å². The van der Waals surface area contributed by atoms with E-state index in [0.29, 0.717) is 12.2 Å². The van der Waals surface area contributed by atoms with Crippen molar-refractivity contribution in [2.45, 2.75) is 40.0 Å². The summed E-state index contributed by atoms with van der Waals surface area (Å²) >= 11 is 0. The van der Waals surface area contributed by atoms with Crippen LogP contribution in [0, 0.1) is 0 Å². The average molecular weight is 263 g/mol. The molecule has 0 aromatic heterocycles. The van der Waals surface area contributed by atoms with Crippen molar-refractivity contribution in [1.82, 2.24) is 0 Å². The second-order valence-electron chi connectivity index (χ2n) is 4.67. The van der Waals surface area contributed by atoms with Crippen molar-refractivity contribution < 1.29 is 9.53 Å². The molecule has 1 aromatic carbocycles. The average Bonchev–Trinajstić information content (AvgIpc) is 2.44. The first kappa shape index (κ1) is 15.5. The molecule has 1 rings (SSSR count). The third-order valence-corrected chi connectivity index (χ3v) is 2.89. The molecule has 3 nitrogen and oxygen atoms in total. The van der Waals surface area contributed by atoms with Crippen LogP contribution in [-0.2, 0) is 4.74 Å². The predicted octanol–water partition coefficient (Wildman–Crippen LogP) is 3.88. The van der Waals surface area contributed by atoms with Gasteiger partial charge < -0.3 is 9.64 Å². The summed E-state index contributed by atoms with van der Waals surface area (Å²) in [5.41, 5.74) is 1.81. The Hall–Kier alpha value is -1.51. The molecule has 0 spiro atoms. The van der Waals surface area contributed by atoms with E-state index in [1.165, 1.54) is 5.69 Å². The molecule has 0 fully saturated rings. The first-order valence-electron chi connectivity index (χ1n) is 7.25. The maximum Gasteiger partial charge on any atom is 0.338 e. The molecule has 0 unspecified atom stereocenters. The van der Waals surface area contributed by atoms with E-state index in [2.05, 4.69) is 18.7 Å². The molecule has 106 valence electrons. The minimum Gasteiger partial charge on any atom is -0.462 e. The van der Waals surface area contributed by atoms with Gasteiger partial charge in [0.2, 0.25) is 0 Å². The molecule has 0 bridgehead atoms. The molecule has 0 aliphatic heterocycles. The lowest BCUT2D eigenvalue weighted by molar-refractivity contribution is 0.0505. The highest BCUT2D eigenvalue weighted by Gasteiger charge is 2.08. The summed E-state index contributed by atoms with van der Waals surface area (Å²) in [4.78, 5) is 14.0. The van der Waals surface area contributed by atoms with E-state index in [1.54, 1.807) is 0 Å². The van der Waals surface area contributed by atoms with Gasteiger partial charge in [0.05, 0.1) is 12.2 Å². The van der Waals surface area contributed by atoms with Gasteiger partial charge in [0.15, 0.2) is 0 Å². The second-order valence-corrected chi connectivity index (χ2v) is 4.67. The quantitative estimate of drug-likeness (QED) is 0.667. The van der Waals surface area contributed by atoms with Crippen LogP contribution in [0.15, 0.2) is 24.3 Å². The van der Waals surface area contributed by atoms with Gasteiger partial charge in [0.25, 0.3) is 0 Å². The van der Waals surface area contributed by atoms with Gasteiger partial charge >= 0.3 is 5.97 Å². The Morgan fingerprint density at radius 3 is 2.05 bits per heavy atom. The lowest BCUT2D eigenvalue weighted by Gasteiger charge is -2.23. The molecule has 3 heteroatoms. The third-order valence-electron chi connectivity index (χ3n) is 2.89. The number of hydrogen-bond donors (Lipinski definition) is 0. The number of rotatable bonds is 8. The molecule has 0 saturated heterocycles. The molecule has 0 aliphatic rings. The second kappa shape index (κ2) is 8.57. The number of hydrogen-bond acceptors (Lipinski definition) is 3. The smallest absolute Gasteiger partial charge is 0.338 e. The summed E-state index contributed by atoms with van der Waals surface area (Å²) in [7, 11) is 0. The largest absolute Gasteiger partial charge is 0.462 e. The number of carbonyl (C=O) groups is 1. The lowest BCUT2D eigenvalue weighted by Crippen LogP contribution is -2.24. The van der Waals surface area contributed by atoms with Crippen LogP contribution in [0.4, 0.5) is 5.69 Å². The summed E-state index contributed by atoms with van der Waals surface area (Å²) < 4.78 is 5.12. The fourth-order valence-electron chi connectivity index (χ4n) is 2.00. The first-order chi connectivity index (χ1) is 9.22. The van der Waals surface area contributed by atoms with Gasteiger partial charge in [0.1, 0.15) is 0 Å². The highest BCUT2D eigenvalue weighted by atomic mass is 16.5. The molecule has 0 aliphatic carbocycles. The van der Waals surface area contributed by atoms with E-state index in [9.17, 15) is 4.79 Å². The third kappa shape index (κ3) is 4.93. The van der Waals surface area contributed by atoms with Gasteiger partial charge in [-0.2, -0.15) is 0 Å². The summed E-state index contributed by atoms with van der Waals surface area (Å²) in [6.45, 7) is 8.93. The Kier molecular flexibility index (Phi) is 7.01. The van der Waals surface area contributed by atoms with Crippen molar-refractivity contribution in [2.75, 3.05) is 24.6 Å². The van der Waals surface area contributed by atoms with Crippen molar-refractivity contribution in [3.63, 3.8) is 0 Å². The SMILES string of the molecule is CCCOC(=O)c1ccc(N(CCC)CCC)cc1. The van der Waals surface area contributed by atoms with Gasteiger partial charge in [-0.15, -0.1) is 0 Å². The fraction of sp³-hybridized carbons (Fsp3) is 0.562. The summed E-state index contributed by atoms with van der Waals surface area (Å²) in [6.07, 6.45) is 3.10. The molecule has 0 atom stereocenters. The number of nitrogens with zero attached hydrogens (tertiary/aromatic N) is 1. The van der Waals surface area contributed by atoms with E-state index in [1.807, 2.05) is 31.2 Å². The minimum absolute atomic E-state index is 0.231. The van der Waals surface area contributed by atoms with Crippen molar-refractivity contribution in [3.8, 4) is 0 Å². The predicted molar refractivity (Wildman–Crippen MR) is 79.8 cm³/mol. The van der Waals surface area contributed by atoms with Crippen molar-refractivity contribution in [2.24, 2.45) is 0 Å². The van der Waals surface area contributed by atoms with E-state index in [-0.39, 0.29) is 5.97 Å². The normalized spacial score (nSPS) is 10.3. The number of esters is 1. The Morgan fingerprint density at radius 1 is 1.00 bits per heavy atom. The van der Waals surface area contributed by atoms with Crippen LogP contribution in [0.1, 0.15) is 50.4 Å². The molecule has 0 heterocycles. The van der Waals surface area contributed by atoms with Crippen molar-refractivity contribution in [1.29, 1.82) is 0 Å². The number of benzene rings is 1. The Balaban J connectivity index is 2.70. The molecule has 1 aromatic rings. The maximum atomic E-state index is 11.7. The van der Waals surface area contributed by atoms with Crippen LogP contribution in [0.3, 0.4) is 0 Å². The zero-order valence-corrected chi connectivity index (χ0v) is 12.3. The first-order valence-corrected chi connectivity index (χ1v) is 7.25. The standard InChI is InChI=1S/C16H25NO2/c1-4-11-17(12-5-2)15-9-7-14(8-10-15)16(18)19-13-6-3/h7-10H,4-6,11-13H2,1-3H3. The van der Waals surface area contributed by atoms with Crippen LogP contribution in [0.2, 0.25) is 0 Å². The van der Waals surface area contributed by atoms with Crippen molar-refractivity contribution >= 4 is 11.7 Å². The zero-order valence-electron chi connectivity index (χ0n) is 12.3. The number of carbonyl (C=O) groups excluding carboxylic acids is 1.